The summed E-state index contributed by atoms with van der Waals surface area (Å²) >= 11 is 6.51. The van der Waals surface area contributed by atoms with Crippen molar-refractivity contribution >= 4 is 51.9 Å². The van der Waals surface area contributed by atoms with Crippen molar-refractivity contribution in [2.75, 3.05) is 25.6 Å². The third-order valence-electron chi connectivity index (χ3n) is 4.37. The maximum absolute atomic E-state index is 12.4. The molecule has 0 aromatic heterocycles. The number of amides is 2. The number of carbonyl (C=O) groups is 2. The molecule has 30 heavy (non-hydrogen) atoms. The van der Waals surface area contributed by atoms with Crippen molar-refractivity contribution < 1.29 is 19.1 Å². The van der Waals surface area contributed by atoms with Crippen LogP contribution >= 0.6 is 24.0 Å². The van der Waals surface area contributed by atoms with Crippen LogP contribution in [0.1, 0.15) is 18.1 Å². The van der Waals surface area contributed by atoms with Crippen LogP contribution in [0.5, 0.6) is 11.5 Å². The minimum atomic E-state index is -0.270. The topological polar surface area (TPSA) is 67.9 Å². The molecule has 0 bridgehead atoms. The maximum atomic E-state index is 12.4. The van der Waals surface area contributed by atoms with Crippen LogP contribution in [0.4, 0.5) is 5.69 Å². The molecule has 0 atom stereocenters. The Kier molecular flexibility index (Phi) is 7.12. The zero-order valence-corrected chi connectivity index (χ0v) is 18.6. The van der Waals surface area contributed by atoms with Gasteiger partial charge in [-0.25, -0.2) is 0 Å². The van der Waals surface area contributed by atoms with Gasteiger partial charge in [-0.1, -0.05) is 47.7 Å². The molecule has 2 aromatic carbocycles. The van der Waals surface area contributed by atoms with Gasteiger partial charge in [0.2, 0.25) is 0 Å². The Labute approximate surface area is 185 Å². The first-order valence-electron chi connectivity index (χ1n) is 9.34. The molecule has 1 N–H and O–H groups in total. The standard InChI is InChI=1S/C22H22N2O4S2/c1-4-24-21(26)19(30-22(24)29)12-15-7-10-17(18(11-15)27-3)28-13-20(25)23-16-8-5-14(2)6-9-16/h5-12H,4,13H2,1-3H3,(H,23,25)/b19-12-. The van der Waals surface area contributed by atoms with Crippen molar-refractivity contribution in [3.8, 4) is 11.5 Å². The Morgan fingerprint density at radius 2 is 1.93 bits per heavy atom. The van der Waals surface area contributed by atoms with Crippen LogP contribution in [0, 0.1) is 6.92 Å². The summed E-state index contributed by atoms with van der Waals surface area (Å²) in [6, 6.07) is 12.8. The fourth-order valence-corrected chi connectivity index (χ4v) is 4.18. The van der Waals surface area contributed by atoms with Crippen LogP contribution in [-0.4, -0.2) is 41.3 Å². The van der Waals surface area contributed by atoms with Gasteiger partial charge < -0.3 is 14.8 Å². The third kappa shape index (κ3) is 5.20. The van der Waals surface area contributed by atoms with Crippen LogP contribution in [0.3, 0.4) is 0 Å². The lowest BCUT2D eigenvalue weighted by Gasteiger charge is -2.12. The predicted molar refractivity (Wildman–Crippen MR) is 124 cm³/mol. The van der Waals surface area contributed by atoms with Crippen LogP contribution in [-0.2, 0) is 9.59 Å². The molecular formula is C22H22N2O4S2. The molecule has 6 nitrogen and oxygen atoms in total. The number of benzene rings is 2. The number of ether oxygens (including phenoxy) is 2. The number of rotatable bonds is 7. The van der Waals surface area contributed by atoms with E-state index >= 15 is 0 Å². The molecule has 0 saturated carbocycles. The SMILES string of the molecule is CCN1C(=O)/C(=C/c2ccc(OCC(=O)Nc3ccc(C)cc3)c(OC)c2)SC1=S. The molecule has 1 fully saturated rings. The molecule has 1 aliphatic rings. The van der Waals surface area contributed by atoms with Gasteiger partial charge in [0.15, 0.2) is 18.1 Å². The lowest BCUT2D eigenvalue weighted by atomic mass is 10.2. The molecule has 156 valence electrons. The fourth-order valence-electron chi connectivity index (χ4n) is 2.79. The van der Waals surface area contributed by atoms with Gasteiger partial charge in [-0.15, -0.1) is 0 Å². The van der Waals surface area contributed by atoms with Crippen molar-refractivity contribution in [1.82, 2.24) is 4.90 Å². The fraction of sp³-hybridized carbons (Fsp3) is 0.227. The Hall–Kier alpha value is -2.84. The van der Waals surface area contributed by atoms with Gasteiger partial charge in [-0.2, -0.15) is 0 Å². The monoisotopic (exact) mass is 442 g/mol. The van der Waals surface area contributed by atoms with E-state index in [4.69, 9.17) is 21.7 Å². The number of nitrogens with one attached hydrogen (secondary N) is 1. The van der Waals surface area contributed by atoms with Gasteiger partial charge in [0.25, 0.3) is 11.8 Å². The first kappa shape index (κ1) is 21.9. The van der Waals surface area contributed by atoms with Crippen LogP contribution in [0.25, 0.3) is 6.08 Å². The number of aryl methyl sites for hydroxylation is 1. The molecule has 2 aromatic rings. The van der Waals surface area contributed by atoms with Crippen molar-refractivity contribution in [1.29, 1.82) is 0 Å². The van der Waals surface area contributed by atoms with Crippen molar-refractivity contribution in [3.63, 3.8) is 0 Å². The first-order chi connectivity index (χ1) is 14.4. The zero-order valence-electron chi connectivity index (χ0n) is 16.9. The molecule has 0 unspecified atom stereocenters. The Morgan fingerprint density at radius 3 is 2.57 bits per heavy atom. The highest BCUT2D eigenvalue weighted by Crippen LogP contribution is 2.34. The highest BCUT2D eigenvalue weighted by atomic mass is 32.2. The molecule has 1 aliphatic heterocycles. The highest BCUT2D eigenvalue weighted by molar-refractivity contribution is 8.26. The quantitative estimate of drug-likeness (QED) is 0.511. The molecule has 0 radical (unpaired) electrons. The summed E-state index contributed by atoms with van der Waals surface area (Å²) in [4.78, 5) is 26.6. The van der Waals surface area contributed by atoms with Crippen LogP contribution < -0.4 is 14.8 Å². The van der Waals surface area contributed by atoms with Gasteiger partial charge in [0.05, 0.1) is 12.0 Å². The van der Waals surface area contributed by atoms with E-state index in [1.807, 2.05) is 38.1 Å². The molecule has 3 rings (SSSR count). The van der Waals surface area contributed by atoms with Gasteiger partial charge in [-0.3, -0.25) is 14.5 Å². The molecule has 8 heteroatoms. The summed E-state index contributed by atoms with van der Waals surface area (Å²) in [7, 11) is 1.52. The summed E-state index contributed by atoms with van der Waals surface area (Å²) < 4.78 is 11.6. The number of methoxy groups -OCH3 is 1. The van der Waals surface area contributed by atoms with E-state index < -0.39 is 0 Å². The lowest BCUT2D eigenvalue weighted by Crippen LogP contribution is -2.27. The van der Waals surface area contributed by atoms with Crippen molar-refractivity contribution in [2.24, 2.45) is 0 Å². The lowest BCUT2D eigenvalue weighted by molar-refractivity contribution is -0.122. The Balaban J connectivity index is 1.66. The molecule has 2 amide bonds. The molecule has 0 aliphatic carbocycles. The van der Waals surface area contributed by atoms with Crippen LogP contribution in [0.15, 0.2) is 47.4 Å². The normalized spacial score (nSPS) is 14.9. The average molecular weight is 443 g/mol. The number of thioether (sulfide) groups is 1. The van der Waals surface area contributed by atoms with Gasteiger partial charge >= 0.3 is 0 Å². The number of hydrogen-bond donors (Lipinski definition) is 1. The highest BCUT2D eigenvalue weighted by Gasteiger charge is 2.30. The number of nitrogens with zero attached hydrogens (tertiary/aromatic N) is 1. The third-order valence-corrected chi connectivity index (χ3v) is 5.75. The van der Waals surface area contributed by atoms with Crippen molar-refractivity contribution in [2.45, 2.75) is 13.8 Å². The first-order valence-corrected chi connectivity index (χ1v) is 10.6. The molecule has 1 heterocycles. The van der Waals surface area contributed by atoms with E-state index in [1.165, 1.54) is 18.9 Å². The van der Waals surface area contributed by atoms with Crippen LogP contribution in [0.2, 0.25) is 0 Å². The summed E-state index contributed by atoms with van der Waals surface area (Å²) in [5.41, 5.74) is 2.60. The van der Waals surface area contributed by atoms with Gasteiger partial charge in [0, 0.05) is 12.2 Å². The van der Waals surface area contributed by atoms with E-state index in [2.05, 4.69) is 5.32 Å². The average Bonchev–Trinajstić information content (AvgIpc) is 3.00. The summed E-state index contributed by atoms with van der Waals surface area (Å²) in [6.45, 7) is 4.26. The minimum absolute atomic E-state index is 0.0976. The largest absolute Gasteiger partial charge is 0.493 e. The predicted octanol–water partition coefficient (Wildman–Crippen LogP) is 4.24. The van der Waals surface area contributed by atoms with E-state index in [0.717, 1.165) is 11.1 Å². The second kappa shape index (κ2) is 9.77. The minimum Gasteiger partial charge on any atom is -0.493 e. The number of hydrogen-bond acceptors (Lipinski definition) is 6. The Bertz CT molecular complexity index is 1000. The van der Waals surface area contributed by atoms with Gasteiger partial charge in [0.1, 0.15) is 4.32 Å². The zero-order chi connectivity index (χ0) is 21.7. The van der Waals surface area contributed by atoms with E-state index in [-0.39, 0.29) is 18.4 Å². The smallest absolute Gasteiger partial charge is 0.266 e. The second-order valence-electron chi connectivity index (χ2n) is 6.54. The van der Waals surface area contributed by atoms with E-state index in [1.54, 1.807) is 29.2 Å². The summed E-state index contributed by atoms with van der Waals surface area (Å²) in [6.07, 6.45) is 1.77. The van der Waals surface area contributed by atoms with Crippen molar-refractivity contribution in [3.05, 3.63) is 58.5 Å². The Morgan fingerprint density at radius 1 is 1.20 bits per heavy atom. The second-order valence-corrected chi connectivity index (χ2v) is 8.21. The summed E-state index contributed by atoms with van der Waals surface area (Å²) in [5, 5.41) is 2.78. The summed E-state index contributed by atoms with van der Waals surface area (Å²) in [5.74, 6) is 0.542. The van der Waals surface area contributed by atoms with Gasteiger partial charge in [-0.05, 0) is 49.8 Å². The molecule has 1 saturated heterocycles. The number of thiocarbonyl (C=S) groups is 1. The number of carbonyl (C=O) groups excluding carboxylic acids is 2. The maximum Gasteiger partial charge on any atom is 0.266 e. The number of likely N-dealkylation sites (N-methyl/N-ethyl adjacent to an activating group) is 1. The number of anilines is 1. The molecule has 0 spiro atoms. The molecular weight excluding hydrogens is 420 g/mol. The van der Waals surface area contributed by atoms with E-state index in [0.29, 0.717) is 33.0 Å². The van der Waals surface area contributed by atoms with E-state index in [9.17, 15) is 9.59 Å².